The maximum absolute atomic E-state index is 2.53. The molecule has 136 valence electrons. The Morgan fingerprint density at radius 2 is 1.35 bits per heavy atom. The minimum absolute atomic E-state index is 0.000505. The van der Waals surface area contributed by atoms with Gasteiger partial charge in [-0.2, -0.15) is 0 Å². The molecule has 0 bridgehead atoms. The molecular formula is C24H30As2. The summed E-state index contributed by atoms with van der Waals surface area (Å²) < 4.78 is 2.76. The number of hydrogen-bond donors (Lipinski definition) is 0. The van der Waals surface area contributed by atoms with E-state index in [-0.39, 0.29) is 5.41 Å². The molecular weight excluding hydrogens is 438 g/mol. The molecule has 4 atom stereocenters. The molecule has 0 heterocycles. The minimum atomic E-state index is -0.000505. The molecule has 0 aromatic heterocycles. The van der Waals surface area contributed by atoms with Crippen molar-refractivity contribution in [2.75, 3.05) is 0 Å². The number of allylic oxidation sites excluding steroid dienone is 4. The van der Waals surface area contributed by atoms with Gasteiger partial charge in [-0.1, -0.05) is 0 Å². The Kier molecular flexibility index (Phi) is 6.06. The van der Waals surface area contributed by atoms with Crippen molar-refractivity contribution >= 4 is 42.4 Å². The van der Waals surface area contributed by atoms with Crippen molar-refractivity contribution in [1.29, 1.82) is 0 Å². The fraction of sp³-hybridized carbons (Fsp3) is 0.333. The molecule has 26 heavy (non-hydrogen) atoms. The molecule has 0 fully saturated rings. The summed E-state index contributed by atoms with van der Waals surface area (Å²) in [6.07, 6.45) is 7.41. The quantitative estimate of drug-likeness (QED) is 0.606. The van der Waals surface area contributed by atoms with Crippen LogP contribution < -0.4 is 8.70 Å². The average molecular weight is 468 g/mol. The third kappa shape index (κ3) is 3.69. The van der Waals surface area contributed by atoms with Gasteiger partial charge in [-0.15, -0.1) is 0 Å². The molecule has 1 aliphatic carbocycles. The third-order valence-electron chi connectivity index (χ3n) is 5.75. The van der Waals surface area contributed by atoms with Gasteiger partial charge in [0.1, 0.15) is 0 Å². The van der Waals surface area contributed by atoms with E-state index in [4.69, 9.17) is 0 Å². The van der Waals surface area contributed by atoms with Crippen LogP contribution in [0.4, 0.5) is 0 Å². The van der Waals surface area contributed by atoms with Gasteiger partial charge >= 0.3 is 177 Å². The molecule has 0 N–H and O–H groups in total. The predicted molar refractivity (Wildman–Crippen MR) is 121 cm³/mol. The Balaban J connectivity index is 2.21. The molecule has 0 spiro atoms. The van der Waals surface area contributed by atoms with E-state index < -0.39 is 0 Å². The number of rotatable bonds is 4. The van der Waals surface area contributed by atoms with E-state index in [1.54, 1.807) is 33.7 Å². The van der Waals surface area contributed by atoms with E-state index in [1.165, 1.54) is 25.4 Å². The summed E-state index contributed by atoms with van der Waals surface area (Å²) in [6.45, 7) is 9.32. The molecule has 4 unspecified atom stereocenters. The molecule has 2 aromatic rings. The van der Waals surface area contributed by atoms with Crippen molar-refractivity contribution in [3.8, 4) is 0 Å². The van der Waals surface area contributed by atoms with Gasteiger partial charge in [0.05, 0.1) is 0 Å². The van der Waals surface area contributed by atoms with Gasteiger partial charge in [0.15, 0.2) is 0 Å². The Bertz CT molecular complexity index is 810. The van der Waals surface area contributed by atoms with Crippen LogP contribution in [0.15, 0.2) is 72.3 Å². The second-order valence-corrected chi connectivity index (χ2v) is 10.8. The SMILES string of the molecule is CC(C)C1=CC(c2ccc([AsH2])cc2)C(c2ccc([AsH2])cc2)(C(C)C)C=C1. The van der Waals surface area contributed by atoms with Gasteiger partial charge in [0, 0.05) is 0 Å². The Hall–Kier alpha value is -0.963. The van der Waals surface area contributed by atoms with Crippen LogP contribution in [0.25, 0.3) is 0 Å². The fourth-order valence-electron chi connectivity index (χ4n) is 4.12. The van der Waals surface area contributed by atoms with Crippen molar-refractivity contribution in [3.63, 3.8) is 0 Å². The second-order valence-electron chi connectivity index (χ2n) is 8.01. The maximum atomic E-state index is 2.53. The van der Waals surface area contributed by atoms with E-state index in [1.807, 2.05) is 0 Å². The first-order valence-corrected chi connectivity index (χ1v) is 11.9. The second kappa shape index (κ2) is 7.96. The summed E-state index contributed by atoms with van der Waals surface area (Å²) in [5, 5.41) is 0. The molecule has 0 radical (unpaired) electrons. The van der Waals surface area contributed by atoms with E-state index in [0.717, 1.165) is 0 Å². The van der Waals surface area contributed by atoms with Crippen LogP contribution in [-0.2, 0) is 5.41 Å². The van der Waals surface area contributed by atoms with E-state index in [2.05, 4.69) is 94.5 Å². The van der Waals surface area contributed by atoms with Crippen LogP contribution in [0.5, 0.6) is 0 Å². The summed E-state index contributed by atoms with van der Waals surface area (Å²) in [6, 6.07) is 18.5. The van der Waals surface area contributed by atoms with Crippen LogP contribution in [0.1, 0.15) is 44.7 Å². The first kappa shape index (κ1) is 19.8. The average Bonchev–Trinajstić information content (AvgIpc) is 2.62. The molecule has 0 saturated heterocycles. The van der Waals surface area contributed by atoms with Crippen molar-refractivity contribution in [2.45, 2.75) is 39.0 Å². The van der Waals surface area contributed by atoms with Gasteiger partial charge in [0.25, 0.3) is 0 Å². The summed E-state index contributed by atoms with van der Waals surface area (Å²) in [5.41, 5.74) is 4.30. The normalized spacial score (nSPS) is 22.8. The van der Waals surface area contributed by atoms with Crippen LogP contribution in [-0.4, -0.2) is 33.7 Å². The Morgan fingerprint density at radius 3 is 1.85 bits per heavy atom. The van der Waals surface area contributed by atoms with Crippen molar-refractivity contribution < 1.29 is 0 Å². The molecule has 2 aromatic carbocycles. The van der Waals surface area contributed by atoms with Gasteiger partial charge < -0.3 is 0 Å². The molecule has 0 aliphatic heterocycles. The van der Waals surface area contributed by atoms with Crippen molar-refractivity contribution in [1.82, 2.24) is 0 Å². The monoisotopic (exact) mass is 468 g/mol. The zero-order valence-electron chi connectivity index (χ0n) is 16.2. The Labute approximate surface area is 176 Å². The molecule has 0 amide bonds. The molecule has 1 aliphatic rings. The molecule has 0 saturated carbocycles. The first-order chi connectivity index (χ1) is 12.3. The van der Waals surface area contributed by atoms with Crippen LogP contribution in [0, 0.1) is 11.8 Å². The van der Waals surface area contributed by atoms with Crippen molar-refractivity contribution in [2.24, 2.45) is 11.8 Å². The van der Waals surface area contributed by atoms with Gasteiger partial charge in [0.2, 0.25) is 0 Å². The van der Waals surface area contributed by atoms with Gasteiger partial charge in [-0.25, -0.2) is 0 Å². The molecule has 2 heteroatoms. The number of benzene rings is 2. The van der Waals surface area contributed by atoms with Crippen LogP contribution in [0.2, 0.25) is 0 Å². The molecule has 3 rings (SSSR count). The zero-order chi connectivity index (χ0) is 18.9. The van der Waals surface area contributed by atoms with Crippen molar-refractivity contribution in [3.05, 3.63) is 83.5 Å². The van der Waals surface area contributed by atoms with Crippen LogP contribution in [0.3, 0.4) is 0 Å². The fourth-order valence-corrected chi connectivity index (χ4v) is 4.92. The third-order valence-corrected chi connectivity index (χ3v) is 7.37. The zero-order valence-corrected chi connectivity index (χ0v) is 21.1. The Morgan fingerprint density at radius 1 is 0.808 bits per heavy atom. The van der Waals surface area contributed by atoms with E-state index in [0.29, 0.717) is 17.8 Å². The first-order valence-electron chi connectivity index (χ1n) is 9.47. The summed E-state index contributed by atoms with van der Waals surface area (Å²) in [5.74, 6) is 1.42. The topological polar surface area (TPSA) is 0 Å². The molecule has 0 nitrogen and oxygen atoms in total. The van der Waals surface area contributed by atoms with Gasteiger partial charge in [-0.05, 0) is 0 Å². The van der Waals surface area contributed by atoms with E-state index >= 15 is 0 Å². The summed E-state index contributed by atoms with van der Waals surface area (Å²) in [4.78, 5) is 0. The predicted octanol–water partition coefficient (Wildman–Crippen LogP) is 3.03. The van der Waals surface area contributed by atoms with Gasteiger partial charge in [-0.3, -0.25) is 0 Å². The summed E-state index contributed by atoms with van der Waals surface area (Å²) >= 11 is 3.38. The number of hydrogen-bond acceptors (Lipinski definition) is 0. The van der Waals surface area contributed by atoms with E-state index in [9.17, 15) is 0 Å². The standard InChI is InChI=1S/C24H30As2/c1-16(2)19-13-14-24(17(3)4,20-7-11-22(26)12-8-20)23(15-19)18-5-9-21(25)10-6-18/h5-17,23H,25-26H2,1-4H3. The van der Waals surface area contributed by atoms with Crippen LogP contribution >= 0.6 is 0 Å². The summed E-state index contributed by atoms with van der Waals surface area (Å²) in [7, 11) is 0.